The van der Waals surface area contributed by atoms with Crippen LogP contribution in [0.15, 0.2) is 0 Å². The predicted molar refractivity (Wildman–Crippen MR) is 61.3 cm³/mol. The lowest BCUT2D eigenvalue weighted by molar-refractivity contribution is -0.123. The van der Waals surface area contributed by atoms with Gasteiger partial charge >= 0.3 is 0 Å². The van der Waals surface area contributed by atoms with Crippen molar-refractivity contribution >= 4 is 5.91 Å². The van der Waals surface area contributed by atoms with Crippen molar-refractivity contribution in [2.24, 2.45) is 0 Å². The van der Waals surface area contributed by atoms with E-state index in [2.05, 4.69) is 16.6 Å². The van der Waals surface area contributed by atoms with Crippen LogP contribution in [0.4, 0.5) is 0 Å². The molecule has 1 fully saturated rings. The van der Waals surface area contributed by atoms with E-state index in [9.17, 15) is 4.79 Å². The van der Waals surface area contributed by atoms with Gasteiger partial charge in [0.2, 0.25) is 5.91 Å². The molecular formula is C12H20N2O. The fourth-order valence-corrected chi connectivity index (χ4v) is 1.79. The molecule has 1 amide bonds. The third-order valence-corrected chi connectivity index (χ3v) is 2.80. The van der Waals surface area contributed by atoms with Gasteiger partial charge in [-0.25, -0.2) is 0 Å². The van der Waals surface area contributed by atoms with E-state index in [4.69, 9.17) is 6.42 Å². The smallest absolute Gasteiger partial charge is 0.238 e. The van der Waals surface area contributed by atoms with Crippen molar-refractivity contribution in [2.45, 2.75) is 51.1 Å². The fraction of sp³-hybridized carbons (Fsp3) is 0.750. The minimum Gasteiger partial charge on any atom is -0.341 e. The van der Waals surface area contributed by atoms with Gasteiger partial charge in [0.05, 0.1) is 12.1 Å². The maximum absolute atomic E-state index is 11.8. The highest BCUT2D eigenvalue weighted by atomic mass is 16.2. The monoisotopic (exact) mass is 208 g/mol. The van der Waals surface area contributed by atoms with E-state index in [0.29, 0.717) is 0 Å². The van der Waals surface area contributed by atoms with Crippen LogP contribution in [0, 0.1) is 12.3 Å². The summed E-state index contributed by atoms with van der Waals surface area (Å²) in [7, 11) is 0. The first-order valence-electron chi connectivity index (χ1n) is 5.77. The molecule has 15 heavy (non-hydrogen) atoms. The number of carbonyl (C=O) groups is 1. The lowest BCUT2D eigenvalue weighted by Gasteiger charge is -2.18. The third-order valence-electron chi connectivity index (χ3n) is 2.80. The van der Waals surface area contributed by atoms with Gasteiger partial charge in [-0.2, -0.15) is 0 Å². The normalized spacial score (nSPS) is 23.6. The topological polar surface area (TPSA) is 41.1 Å². The summed E-state index contributed by atoms with van der Waals surface area (Å²) in [5, 5.41) is 6.13. The van der Waals surface area contributed by atoms with Gasteiger partial charge in [-0.1, -0.05) is 25.7 Å². The van der Waals surface area contributed by atoms with Crippen LogP contribution in [0.25, 0.3) is 0 Å². The molecule has 0 aromatic carbocycles. The molecule has 3 heteroatoms. The zero-order valence-corrected chi connectivity index (χ0v) is 9.38. The number of hydrogen-bond acceptors (Lipinski definition) is 2. The summed E-state index contributed by atoms with van der Waals surface area (Å²) in [4.78, 5) is 11.8. The number of amides is 1. The van der Waals surface area contributed by atoms with Crippen LogP contribution in [0.1, 0.15) is 39.0 Å². The molecule has 0 radical (unpaired) electrons. The van der Waals surface area contributed by atoms with Crippen LogP contribution in [0.2, 0.25) is 0 Å². The maximum atomic E-state index is 11.8. The standard InChI is InChI=1S/C12H20N2O/c1-3-10(4-2)14-12(15)11-8-6-5-7-9-13-11/h1,10-11,13H,4-9H2,2H3,(H,14,15). The number of terminal acetylenes is 1. The van der Waals surface area contributed by atoms with Crippen LogP contribution in [-0.4, -0.2) is 24.5 Å². The number of carbonyl (C=O) groups excluding carboxylic acids is 1. The van der Waals surface area contributed by atoms with Crippen LogP contribution in [0.3, 0.4) is 0 Å². The van der Waals surface area contributed by atoms with E-state index in [1.54, 1.807) is 0 Å². The summed E-state index contributed by atoms with van der Waals surface area (Å²) in [6.45, 7) is 2.91. The molecule has 0 spiro atoms. The van der Waals surface area contributed by atoms with E-state index in [0.717, 1.165) is 32.2 Å². The molecule has 1 rings (SSSR count). The van der Waals surface area contributed by atoms with Crippen molar-refractivity contribution in [3.05, 3.63) is 0 Å². The highest BCUT2D eigenvalue weighted by molar-refractivity contribution is 5.82. The van der Waals surface area contributed by atoms with Gasteiger partial charge in [-0.3, -0.25) is 4.79 Å². The summed E-state index contributed by atoms with van der Waals surface area (Å²) in [5.41, 5.74) is 0. The Labute approximate surface area is 92.0 Å². The van der Waals surface area contributed by atoms with Crippen LogP contribution in [-0.2, 0) is 4.79 Å². The third kappa shape index (κ3) is 3.93. The molecule has 1 aliphatic rings. The molecule has 2 unspecified atom stereocenters. The molecule has 0 aliphatic carbocycles. The Hall–Kier alpha value is -1.01. The minimum absolute atomic E-state index is 0.0464. The maximum Gasteiger partial charge on any atom is 0.238 e. The molecular weight excluding hydrogens is 188 g/mol. The Morgan fingerprint density at radius 1 is 1.60 bits per heavy atom. The summed E-state index contributed by atoms with van der Waals surface area (Å²) < 4.78 is 0. The zero-order valence-electron chi connectivity index (χ0n) is 9.38. The van der Waals surface area contributed by atoms with E-state index < -0.39 is 0 Å². The second kappa shape index (κ2) is 6.47. The van der Waals surface area contributed by atoms with E-state index in [1.807, 2.05) is 6.92 Å². The van der Waals surface area contributed by atoms with Crippen LogP contribution < -0.4 is 10.6 Å². The molecule has 0 aromatic heterocycles. The first-order valence-corrected chi connectivity index (χ1v) is 5.77. The Bertz CT molecular complexity index is 236. The van der Waals surface area contributed by atoms with Gasteiger partial charge in [-0.15, -0.1) is 6.42 Å². The van der Waals surface area contributed by atoms with Gasteiger partial charge in [0.15, 0.2) is 0 Å². The molecule has 1 aliphatic heterocycles. The second-order valence-corrected chi connectivity index (χ2v) is 3.99. The SMILES string of the molecule is C#CC(CC)NC(=O)C1CCCCCN1. The van der Waals surface area contributed by atoms with Gasteiger partial charge in [-0.05, 0) is 25.8 Å². The molecule has 2 N–H and O–H groups in total. The molecule has 2 atom stereocenters. The lowest BCUT2D eigenvalue weighted by atomic mass is 10.1. The first-order chi connectivity index (χ1) is 7.27. The van der Waals surface area contributed by atoms with Gasteiger partial charge < -0.3 is 10.6 Å². The molecule has 3 nitrogen and oxygen atoms in total. The predicted octanol–water partition coefficient (Wildman–Crippen LogP) is 1.05. The molecule has 0 bridgehead atoms. The summed E-state index contributed by atoms with van der Waals surface area (Å²) in [6, 6.07) is -0.169. The van der Waals surface area contributed by atoms with Crippen molar-refractivity contribution in [2.75, 3.05) is 6.54 Å². The Morgan fingerprint density at radius 3 is 3.07 bits per heavy atom. The molecule has 84 valence electrons. The van der Waals surface area contributed by atoms with Crippen molar-refractivity contribution < 1.29 is 4.79 Å². The highest BCUT2D eigenvalue weighted by Gasteiger charge is 2.20. The Kier molecular flexibility index (Phi) is 5.20. The largest absolute Gasteiger partial charge is 0.341 e. The fourth-order valence-electron chi connectivity index (χ4n) is 1.79. The average molecular weight is 208 g/mol. The Balaban J connectivity index is 2.41. The van der Waals surface area contributed by atoms with E-state index in [-0.39, 0.29) is 18.0 Å². The van der Waals surface area contributed by atoms with Crippen LogP contribution >= 0.6 is 0 Å². The number of hydrogen-bond donors (Lipinski definition) is 2. The molecule has 1 saturated heterocycles. The highest BCUT2D eigenvalue weighted by Crippen LogP contribution is 2.08. The van der Waals surface area contributed by atoms with Crippen molar-refractivity contribution in [1.29, 1.82) is 0 Å². The van der Waals surface area contributed by atoms with Crippen LogP contribution in [0.5, 0.6) is 0 Å². The van der Waals surface area contributed by atoms with Gasteiger partial charge in [0.25, 0.3) is 0 Å². The molecule has 0 aromatic rings. The van der Waals surface area contributed by atoms with Crippen molar-refractivity contribution in [3.8, 4) is 12.3 Å². The average Bonchev–Trinajstić information content (AvgIpc) is 2.54. The van der Waals surface area contributed by atoms with E-state index in [1.165, 1.54) is 6.42 Å². The summed E-state index contributed by atoms with van der Waals surface area (Å²) in [6.07, 6.45) is 10.5. The summed E-state index contributed by atoms with van der Waals surface area (Å²) >= 11 is 0. The van der Waals surface area contributed by atoms with E-state index >= 15 is 0 Å². The van der Waals surface area contributed by atoms with Crippen molar-refractivity contribution in [3.63, 3.8) is 0 Å². The molecule has 0 saturated carbocycles. The van der Waals surface area contributed by atoms with Gasteiger partial charge in [0.1, 0.15) is 0 Å². The summed E-state index contributed by atoms with van der Waals surface area (Å²) in [5.74, 6) is 2.63. The number of nitrogens with one attached hydrogen (secondary N) is 2. The van der Waals surface area contributed by atoms with Crippen molar-refractivity contribution in [1.82, 2.24) is 10.6 Å². The van der Waals surface area contributed by atoms with Gasteiger partial charge in [0, 0.05) is 0 Å². The minimum atomic E-state index is -0.123. The zero-order chi connectivity index (χ0) is 11.1. The first kappa shape index (κ1) is 12.1. The quantitative estimate of drug-likeness (QED) is 0.681. The second-order valence-electron chi connectivity index (χ2n) is 3.99. The molecule has 1 heterocycles. The number of rotatable bonds is 3. The lowest BCUT2D eigenvalue weighted by Crippen LogP contribution is -2.47. The Morgan fingerprint density at radius 2 is 2.40 bits per heavy atom.